The Morgan fingerprint density at radius 2 is 1.83 bits per heavy atom. The number of nitrogens with zero attached hydrogens (tertiary/aromatic N) is 4. The fourth-order valence-electron chi connectivity index (χ4n) is 4.47. The van der Waals surface area contributed by atoms with Gasteiger partial charge in [-0.3, -0.25) is 9.59 Å². The molecule has 2 amide bonds. The Hall–Kier alpha value is -2.42. The minimum absolute atomic E-state index is 0.0701. The van der Waals surface area contributed by atoms with Gasteiger partial charge in [0.2, 0.25) is 5.91 Å². The second-order valence-electron chi connectivity index (χ2n) is 8.41. The molecule has 0 N–H and O–H groups in total. The van der Waals surface area contributed by atoms with Gasteiger partial charge in [0.15, 0.2) is 9.84 Å². The lowest BCUT2D eigenvalue weighted by molar-refractivity contribution is -0.134. The van der Waals surface area contributed by atoms with Crippen LogP contribution in [0, 0.1) is 13.8 Å². The fourth-order valence-corrected chi connectivity index (χ4v) is 6.16. The van der Waals surface area contributed by atoms with E-state index in [9.17, 15) is 18.0 Å². The zero-order chi connectivity index (χ0) is 21.5. The van der Waals surface area contributed by atoms with Gasteiger partial charge in [-0.2, -0.15) is 5.10 Å². The van der Waals surface area contributed by atoms with Crippen LogP contribution < -0.4 is 4.90 Å². The maximum atomic E-state index is 13.0. The lowest BCUT2D eigenvalue weighted by Crippen LogP contribution is -2.52. The summed E-state index contributed by atoms with van der Waals surface area (Å²) in [6, 6.07) is 5.95. The molecular weight excluding hydrogens is 404 g/mol. The molecule has 0 bridgehead atoms. The number of carbonyl (C=O) groups is 2. The maximum Gasteiger partial charge on any atom is 0.270 e. The fraction of sp³-hybridized carbons (Fsp3) is 0.571. The normalized spacial score (nSPS) is 24.2. The van der Waals surface area contributed by atoms with Crippen molar-refractivity contribution in [2.75, 3.05) is 42.6 Å². The highest BCUT2D eigenvalue weighted by atomic mass is 32.2. The third kappa shape index (κ3) is 4.21. The average molecular weight is 433 g/mol. The molecule has 0 saturated carbocycles. The Morgan fingerprint density at radius 3 is 2.47 bits per heavy atom. The van der Waals surface area contributed by atoms with Gasteiger partial charge in [0, 0.05) is 44.7 Å². The molecule has 3 aliphatic heterocycles. The van der Waals surface area contributed by atoms with E-state index in [0.29, 0.717) is 31.6 Å². The van der Waals surface area contributed by atoms with Gasteiger partial charge >= 0.3 is 0 Å². The van der Waals surface area contributed by atoms with Crippen LogP contribution in [0.2, 0.25) is 0 Å². The molecule has 2 saturated heterocycles. The monoisotopic (exact) mass is 432 g/mol. The molecule has 3 aliphatic rings. The highest BCUT2D eigenvalue weighted by Crippen LogP contribution is 2.24. The zero-order valence-electron chi connectivity index (χ0n) is 17.5. The van der Waals surface area contributed by atoms with Crippen LogP contribution in [0.5, 0.6) is 0 Å². The summed E-state index contributed by atoms with van der Waals surface area (Å²) in [4.78, 5) is 29.4. The molecule has 0 aromatic heterocycles. The van der Waals surface area contributed by atoms with Gasteiger partial charge < -0.3 is 9.80 Å². The topological polar surface area (TPSA) is 90.4 Å². The summed E-state index contributed by atoms with van der Waals surface area (Å²) < 4.78 is 23.6. The summed E-state index contributed by atoms with van der Waals surface area (Å²) >= 11 is 0. The summed E-state index contributed by atoms with van der Waals surface area (Å²) in [7, 11) is -3.13. The number of carbonyl (C=O) groups excluding carboxylic acids is 2. The summed E-state index contributed by atoms with van der Waals surface area (Å²) in [5.41, 5.74) is 4.02. The van der Waals surface area contributed by atoms with Crippen LogP contribution in [0.25, 0.3) is 0 Å². The van der Waals surface area contributed by atoms with E-state index in [2.05, 4.69) is 42.0 Å². The number of hydrogen-bond acceptors (Lipinski definition) is 6. The summed E-state index contributed by atoms with van der Waals surface area (Å²) in [5.74, 6) is -0.346. The Morgan fingerprint density at radius 1 is 1.10 bits per heavy atom. The molecule has 9 heteroatoms. The summed E-state index contributed by atoms with van der Waals surface area (Å²) in [6.07, 6.45) is 0.891. The predicted molar refractivity (Wildman–Crippen MR) is 115 cm³/mol. The Kier molecular flexibility index (Phi) is 5.57. The van der Waals surface area contributed by atoms with E-state index >= 15 is 0 Å². The molecule has 2 fully saturated rings. The second kappa shape index (κ2) is 8.02. The van der Waals surface area contributed by atoms with Crippen LogP contribution in [0.1, 0.15) is 30.4 Å². The molecule has 0 spiro atoms. The van der Waals surface area contributed by atoms with E-state index < -0.39 is 15.9 Å². The highest BCUT2D eigenvalue weighted by molar-refractivity contribution is 7.91. The third-order valence-electron chi connectivity index (χ3n) is 6.12. The summed E-state index contributed by atoms with van der Waals surface area (Å²) in [5, 5.41) is 5.57. The predicted octanol–water partition coefficient (Wildman–Crippen LogP) is 1.12. The smallest absolute Gasteiger partial charge is 0.270 e. The molecular formula is C21H28N4O4S. The van der Waals surface area contributed by atoms with Crippen molar-refractivity contribution in [1.82, 2.24) is 9.91 Å². The van der Waals surface area contributed by atoms with Gasteiger partial charge in [-0.1, -0.05) is 17.7 Å². The number of sulfone groups is 1. The van der Waals surface area contributed by atoms with E-state index in [0.717, 1.165) is 13.1 Å². The number of aryl methyl sites for hydroxylation is 2. The number of benzene rings is 1. The number of hydrazone groups is 1. The molecule has 3 heterocycles. The molecule has 0 radical (unpaired) electrons. The van der Waals surface area contributed by atoms with Gasteiger partial charge in [0.1, 0.15) is 5.71 Å². The number of piperazine rings is 1. The molecule has 1 atom stereocenters. The second-order valence-corrected chi connectivity index (χ2v) is 10.6. The van der Waals surface area contributed by atoms with Crippen molar-refractivity contribution in [3.05, 3.63) is 29.3 Å². The maximum absolute atomic E-state index is 13.0. The number of anilines is 1. The minimum Gasteiger partial charge on any atom is -0.368 e. The first-order chi connectivity index (χ1) is 14.2. The molecule has 8 nitrogen and oxygen atoms in total. The quantitative estimate of drug-likeness (QED) is 0.714. The van der Waals surface area contributed by atoms with Crippen molar-refractivity contribution in [3.63, 3.8) is 0 Å². The van der Waals surface area contributed by atoms with Crippen LogP contribution in [0.3, 0.4) is 0 Å². The van der Waals surface area contributed by atoms with Crippen LogP contribution in [-0.4, -0.2) is 79.6 Å². The van der Waals surface area contributed by atoms with Crippen LogP contribution in [0.15, 0.2) is 23.3 Å². The van der Waals surface area contributed by atoms with E-state index in [4.69, 9.17) is 0 Å². The molecule has 1 aromatic rings. The average Bonchev–Trinajstić information content (AvgIpc) is 3.07. The van der Waals surface area contributed by atoms with E-state index in [1.807, 2.05) is 0 Å². The first-order valence-corrected chi connectivity index (χ1v) is 12.3. The highest BCUT2D eigenvalue weighted by Gasteiger charge is 2.38. The lowest BCUT2D eigenvalue weighted by atomic mass is 10.1. The van der Waals surface area contributed by atoms with Crippen LogP contribution >= 0.6 is 0 Å². The number of amides is 2. The standard InChI is InChI=1S/C21H28N4O4S/c1-15-3-5-19(16(2)13-15)23-8-10-24(11-9-23)21(27)18-4-6-20(26)25(22-18)17-7-12-30(28,29)14-17/h3,5,13,17H,4,6-12,14H2,1-2H3/t17-/m1/s1. The first-order valence-electron chi connectivity index (χ1n) is 10.4. The number of rotatable bonds is 3. The molecule has 162 valence electrons. The van der Waals surface area contributed by atoms with Gasteiger partial charge in [0.05, 0.1) is 17.5 Å². The van der Waals surface area contributed by atoms with E-state index in [1.54, 1.807) is 4.90 Å². The molecule has 0 unspecified atom stereocenters. The van der Waals surface area contributed by atoms with Gasteiger partial charge in [-0.25, -0.2) is 13.4 Å². The molecule has 4 rings (SSSR count). The first kappa shape index (κ1) is 20.8. The van der Waals surface area contributed by atoms with Crippen molar-refractivity contribution < 1.29 is 18.0 Å². The third-order valence-corrected chi connectivity index (χ3v) is 7.87. The van der Waals surface area contributed by atoms with Crippen molar-refractivity contribution in [2.24, 2.45) is 5.10 Å². The van der Waals surface area contributed by atoms with Crippen molar-refractivity contribution in [2.45, 2.75) is 39.2 Å². The van der Waals surface area contributed by atoms with Crippen molar-refractivity contribution >= 4 is 33.1 Å². The zero-order valence-corrected chi connectivity index (χ0v) is 18.3. The largest absolute Gasteiger partial charge is 0.368 e. The Labute approximate surface area is 177 Å². The number of hydrogen-bond donors (Lipinski definition) is 0. The molecule has 30 heavy (non-hydrogen) atoms. The molecule has 0 aliphatic carbocycles. The van der Waals surface area contributed by atoms with E-state index in [-0.39, 0.29) is 29.7 Å². The van der Waals surface area contributed by atoms with Gasteiger partial charge in [0.25, 0.3) is 5.91 Å². The SMILES string of the molecule is Cc1ccc(N2CCN(C(=O)C3=NN([C@@H]4CCS(=O)(=O)C4)C(=O)CC3)CC2)c(C)c1. The summed E-state index contributed by atoms with van der Waals surface area (Å²) in [6.45, 7) is 6.85. The van der Waals surface area contributed by atoms with Gasteiger partial charge in [-0.05, 0) is 31.9 Å². The Bertz CT molecular complexity index is 996. The Balaban J connectivity index is 1.42. The lowest BCUT2D eigenvalue weighted by Gasteiger charge is -2.37. The molecule has 1 aromatic carbocycles. The van der Waals surface area contributed by atoms with Crippen LogP contribution in [0.4, 0.5) is 5.69 Å². The van der Waals surface area contributed by atoms with Gasteiger partial charge in [-0.15, -0.1) is 0 Å². The van der Waals surface area contributed by atoms with E-state index in [1.165, 1.54) is 21.8 Å². The minimum atomic E-state index is -3.13. The van der Waals surface area contributed by atoms with Crippen LogP contribution in [-0.2, 0) is 19.4 Å². The van der Waals surface area contributed by atoms with Crippen molar-refractivity contribution in [1.29, 1.82) is 0 Å². The van der Waals surface area contributed by atoms with Crippen molar-refractivity contribution in [3.8, 4) is 0 Å².